The molecule has 0 bridgehead atoms. The quantitative estimate of drug-likeness (QED) is 0.653. The smallest absolute Gasteiger partial charge is 0.148 e. The Bertz CT molecular complexity index is 216. The van der Waals surface area contributed by atoms with Crippen molar-refractivity contribution in [2.24, 2.45) is 5.92 Å². The number of rotatable bonds is 3. The van der Waals surface area contributed by atoms with Gasteiger partial charge in [-0.1, -0.05) is 13.8 Å². The zero-order chi connectivity index (χ0) is 8.27. The van der Waals surface area contributed by atoms with Crippen LogP contribution in [0.15, 0.2) is 0 Å². The molecule has 0 unspecified atom stereocenters. The third kappa shape index (κ3) is 2.29. The van der Waals surface area contributed by atoms with Gasteiger partial charge in [0.15, 0.2) is 0 Å². The van der Waals surface area contributed by atoms with Gasteiger partial charge in [0.1, 0.15) is 5.82 Å². The normalized spacial score (nSPS) is 10.9. The summed E-state index contributed by atoms with van der Waals surface area (Å²) in [5, 5.41) is 11.2. The molecule has 0 aliphatic rings. The lowest BCUT2D eigenvalue weighted by molar-refractivity contribution is 0.472. The van der Waals surface area contributed by atoms with Crippen LogP contribution in [-0.2, 0) is 6.54 Å². The molecule has 0 N–H and O–H groups in total. The third-order valence-corrected chi connectivity index (χ3v) is 1.63. The van der Waals surface area contributed by atoms with E-state index >= 15 is 0 Å². The van der Waals surface area contributed by atoms with Gasteiger partial charge < -0.3 is 0 Å². The average molecular weight is 154 g/mol. The highest BCUT2D eigenvalue weighted by Crippen LogP contribution is 2.01. The first-order valence-corrected chi connectivity index (χ1v) is 3.93. The van der Waals surface area contributed by atoms with E-state index in [2.05, 4.69) is 29.4 Å². The largest absolute Gasteiger partial charge is 0.230 e. The summed E-state index contributed by atoms with van der Waals surface area (Å²) < 4.78 is 1.83. The molecule has 1 heterocycles. The maximum Gasteiger partial charge on any atom is 0.148 e. The van der Waals surface area contributed by atoms with Crippen LogP contribution in [0.3, 0.4) is 0 Å². The van der Waals surface area contributed by atoms with Gasteiger partial charge in [0.05, 0.1) is 0 Å². The Morgan fingerprint density at radius 2 is 2.18 bits per heavy atom. The molecule has 0 amide bonds. The van der Waals surface area contributed by atoms with E-state index in [4.69, 9.17) is 0 Å². The summed E-state index contributed by atoms with van der Waals surface area (Å²) in [6.07, 6.45) is 1.13. The number of aromatic nitrogens is 4. The molecule has 4 heteroatoms. The molecule has 1 aromatic rings. The molecule has 1 rings (SSSR count). The highest BCUT2D eigenvalue weighted by molar-refractivity contribution is 4.72. The first-order chi connectivity index (χ1) is 5.20. The molecule has 0 radical (unpaired) electrons. The van der Waals surface area contributed by atoms with Gasteiger partial charge in [-0.25, -0.2) is 4.68 Å². The van der Waals surface area contributed by atoms with Gasteiger partial charge in [0.2, 0.25) is 0 Å². The Hall–Kier alpha value is -0.930. The Morgan fingerprint density at radius 3 is 2.64 bits per heavy atom. The van der Waals surface area contributed by atoms with Crippen LogP contribution in [0.25, 0.3) is 0 Å². The highest BCUT2D eigenvalue weighted by atomic mass is 15.5. The predicted octanol–water partition coefficient (Wildman–Crippen LogP) is 1.03. The second kappa shape index (κ2) is 3.46. The monoisotopic (exact) mass is 154 g/mol. The van der Waals surface area contributed by atoms with E-state index in [1.54, 1.807) is 0 Å². The van der Waals surface area contributed by atoms with Crippen LogP contribution < -0.4 is 0 Å². The van der Waals surface area contributed by atoms with Gasteiger partial charge in [0, 0.05) is 6.54 Å². The summed E-state index contributed by atoms with van der Waals surface area (Å²) in [5.41, 5.74) is 0. The maximum absolute atomic E-state index is 3.84. The van der Waals surface area contributed by atoms with E-state index in [9.17, 15) is 0 Å². The van der Waals surface area contributed by atoms with Crippen molar-refractivity contribution in [1.29, 1.82) is 0 Å². The zero-order valence-corrected chi connectivity index (χ0v) is 7.28. The Morgan fingerprint density at radius 1 is 1.45 bits per heavy atom. The molecule has 0 saturated carbocycles. The van der Waals surface area contributed by atoms with E-state index in [1.807, 2.05) is 11.6 Å². The molecule has 0 saturated heterocycles. The van der Waals surface area contributed by atoms with Crippen LogP contribution in [0.5, 0.6) is 0 Å². The van der Waals surface area contributed by atoms with E-state index in [0.717, 1.165) is 18.8 Å². The SMILES string of the molecule is Cc1nnnn1CCC(C)C. The van der Waals surface area contributed by atoms with Crippen LogP contribution in [0.4, 0.5) is 0 Å². The number of hydrogen-bond acceptors (Lipinski definition) is 3. The van der Waals surface area contributed by atoms with Gasteiger partial charge in [0.25, 0.3) is 0 Å². The summed E-state index contributed by atoms with van der Waals surface area (Å²) in [4.78, 5) is 0. The van der Waals surface area contributed by atoms with Gasteiger partial charge in [-0.05, 0) is 29.7 Å². The lowest BCUT2D eigenvalue weighted by Gasteiger charge is -2.03. The van der Waals surface area contributed by atoms with Crippen LogP contribution in [0.2, 0.25) is 0 Å². The van der Waals surface area contributed by atoms with Crippen LogP contribution >= 0.6 is 0 Å². The van der Waals surface area contributed by atoms with Crippen molar-refractivity contribution in [3.8, 4) is 0 Å². The molecule has 0 aliphatic heterocycles. The van der Waals surface area contributed by atoms with Gasteiger partial charge in [-0.3, -0.25) is 0 Å². The van der Waals surface area contributed by atoms with E-state index in [-0.39, 0.29) is 0 Å². The third-order valence-electron chi connectivity index (χ3n) is 1.63. The minimum atomic E-state index is 0.707. The van der Waals surface area contributed by atoms with Crippen LogP contribution in [0.1, 0.15) is 26.1 Å². The highest BCUT2D eigenvalue weighted by Gasteiger charge is 2.00. The molecule has 0 fully saturated rings. The van der Waals surface area contributed by atoms with Crippen molar-refractivity contribution in [3.63, 3.8) is 0 Å². The Balaban J connectivity index is 2.44. The van der Waals surface area contributed by atoms with Crippen molar-refractivity contribution < 1.29 is 0 Å². The van der Waals surface area contributed by atoms with Crippen molar-refractivity contribution in [1.82, 2.24) is 20.2 Å². The fourth-order valence-electron chi connectivity index (χ4n) is 0.836. The first-order valence-electron chi connectivity index (χ1n) is 3.93. The van der Waals surface area contributed by atoms with Crippen LogP contribution in [0, 0.1) is 12.8 Å². The minimum Gasteiger partial charge on any atom is -0.230 e. The lowest BCUT2D eigenvalue weighted by atomic mass is 10.1. The summed E-state index contributed by atoms with van der Waals surface area (Å²) in [5.74, 6) is 1.60. The van der Waals surface area contributed by atoms with Crippen LogP contribution in [-0.4, -0.2) is 20.2 Å². The van der Waals surface area contributed by atoms with Crippen molar-refractivity contribution in [2.75, 3.05) is 0 Å². The fraction of sp³-hybridized carbons (Fsp3) is 0.857. The molecule has 0 aliphatic carbocycles. The molecule has 62 valence electrons. The number of hydrogen-bond donors (Lipinski definition) is 0. The molecule has 11 heavy (non-hydrogen) atoms. The Kier molecular flexibility index (Phi) is 2.57. The molecule has 0 spiro atoms. The van der Waals surface area contributed by atoms with Crippen molar-refractivity contribution in [2.45, 2.75) is 33.7 Å². The number of aryl methyl sites for hydroxylation is 2. The second-order valence-electron chi connectivity index (χ2n) is 3.13. The van der Waals surface area contributed by atoms with E-state index < -0.39 is 0 Å². The molecular formula is C7H14N4. The summed E-state index contributed by atoms with van der Waals surface area (Å²) >= 11 is 0. The number of tetrazole rings is 1. The van der Waals surface area contributed by atoms with E-state index in [0.29, 0.717) is 5.92 Å². The topological polar surface area (TPSA) is 43.6 Å². The zero-order valence-electron chi connectivity index (χ0n) is 7.28. The summed E-state index contributed by atoms with van der Waals surface area (Å²) in [7, 11) is 0. The lowest BCUT2D eigenvalue weighted by Crippen LogP contribution is -2.05. The fourth-order valence-corrected chi connectivity index (χ4v) is 0.836. The molecular weight excluding hydrogens is 140 g/mol. The molecule has 0 aromatic carbocycles. The minimum absolute atomic E-state index is 0.707. The van der Waals surface area contributed by atoms with Crippen molar-refractivity contribution in [3.05, 3.63) is 5.82 Å². The molecule has 4 nitrogen and oxygen atoms in total. The standard InChI is InChI=1S/C7H14N4/c1-6(2)4-5-11-7(3)8-9-10-11/h6H,4-5H2,1-3H3. The van der Waals surface area contributed by atoms with E-state index in [1.165, 1.54) is 0 Å². The van der Waals surface area contributed by atoms with Gasteiger partial charge in [-0.2, -0.15) is 0 Å². The van der Waals surface area contributed by atoms with Gasteiger partial charge >= 0.3 is 0 Å². The average Bonchev–Trinajstić information content (AvgIpc) is 2.31. The van der Waals surface area contributed by atoms with Crippen molar-refractivity contribution >= 4 is 0 Å². The maximum atomic E-state index is 3.84. The van der Waals surface area contributed by atoms with Gasteiger partial charge in [-0.15, -0.1) is 5.10 Å². The summed E-state index contributed by atoms with van der Waals surface area (Å²) in [6, 6.07) is 0. The summed E-state index contributed by atoms with van der Waals surface area (Å²) in [6.45, 7) is 7.23. The first kappa shape index (κ1) is 8.17. The Labute approximate surface area is 66.6 Å². The number of nitrogens with zero attached hydrogens (tertiary/aromatic N) is 4. The predicted molar refractivity (Wildman–Crippen MR) is 42.0 cm³/mol. The molecule has 1 aromatic heterocycles. The second-order valence-corrected chi connectivity index (χ2v) is 3.13. The molecule has 0 atom stereocenters.